The Hall–Kier alpha value is -1.99. The van der Waals surface area contributed by atoms with E-state index in [1.165, 1.54) is 47.9 Å². The first kappa shape index (κ1) is 20.3. The van der Waals surface area contributed by atoms with Gasteiger partial charge in [0.05, 0.1) is 4.91 Å². The van der Waals surface area contributed by atoms with Crippen LogP contribution in [0.15, 0.2) is 34.2 Å². The lowest BCUT2D eigenvalue weighted by molar-refractivity contribution is -0.124. The fraction of sp³-hybridized carbons (Fsp3) is 0.455. The summed E-state index contributed by atoms with van der Waals surface area (Å²) in [7, 11) is 0. The maximum Gasteiger partial charge on any atom is 0.267 e. The van der Waals surface area contributed by atoms with Gasteiger partial charge in [0.25, 0.3) is 5.91 Å². The molecular formula is C22H26N4OS2. The lowest BCUT2D eigenvalue weighted by atomic mass is 9.94. The summed E-state index contributed by atoms with van der Waals surface area (Å²) in [5.41, 5.74) is 2.34. The predicted octanol–water partition coefficient (Wildman–Crippen LogP) is 5.91. The van der Waals surface area contributed by atoms with Crippen molar-refractivity contribution < 1.29 is 4.79 Å². The van der Waals surface area contributed by atoms with Gasteiger partial charge in [0.2, 0.25) is 5.13 Å². The zero-order valence-corrected chi connectivity index (χ0v) is 18.7. The highest BCUT2D eigenvalue weighted by molar-refractivity contribution is 8.18. The van der Waals surface area contributed by atoms with Crippen LogP contribution in [-0.2, 0) is 4.79 Å². The van der Waals surface area contributed by atoms with E-state index in [2.05, 4.69) is 48.3 Å². The van der Waals surface area contributed by atoms with Crippen LogP contribution in [0.25, 0.3) is 6.08 Å². The summed E-state index contributed by atoms with van der Waals surface area (Å²) in [6.45, 7) is 6.28. The third-order valence-corrected chi connectivity index (χ3v) is 7.10. The largest absolute Gasteiger partial charge is 0.283 e. The number of nitrogens with zero attached hydrogens (tertiary/aromatic N) is 4. The number of hydrogen-bond donors (Lipinski definition) is 0. The standard InChI is InChI=1S/C22H26N4OS2/c1-14(2)17-11-9-16(10-12-17)13-19-20(27)26(18-7-5-4-6-8-18)22(29-19)23-21-25-24-15(3)28-21/h9-14,18H,4-8H2,1-3H3/b19-13-,23-22+. The van der Waals surface area contributed by atoms with Gasteiger partial charge in [-0.15, -0.1) is 10.2 Å². The van der Waals surface area contributed by atoms with E-state index in [0.29, 0.717) is 11.0 Å². The summed E-state index contributed by atoms with van der Waals surface area (Å²) in [6.07, 6.45) is 7.65. The molecule has 1 aliphatic heterocycles. The van der Waals surface area contributed by atoms with Crippen molar-refractivity contribution in [1.82, 2.24) is 15.1 Å². The minimum atomic E-state index is 0.0647. The molecule has 0 N–H and O–H groups in total. The quantitative estimate of drug-likeness (QED) is 0.571. The molecule has 5 nitrogen and oxygen atoms in total. The van der Waals surface area contributed by atoms with E-state index in [1.807, 2.05) is 17.9 Å². The van der Waals surface area contributed by atoms with Crippen molar-refractivity contribution in [3.63, 3.8) is 0 Å². The molecule has 7 heteroatoms. The molecule has 29 heavy (non-hydrogen) atoms. The molecule has 152 valence electrons. The van der Waals surface area contributed by atoms with Crippen LogP contribution in [0.5, 0.6) is 0 Å². The third kappa shape index (κ3) is 4.61. The zero-order chi connectivity index (χ0) is 20.4. The van der Waals surface area contributed by atoms with Crippen molar-refractivity contribution in [2.75, 3.05) is 0 Å². The Kier molecular flexibility index (Phi) is 6.15. The zero-order valence-electron chi connectivity index (χ0n) is 17.1. The van der Waals surface area contributed by atoms with Gasteiger partial charge in [-0.05, 0) is 54.6 Å². The normalized spacial score (nSPS) is 21.1. The maximum absolute atomic E-state index is 13.3. The van der Waals surface area contributed by atoms with Crippen molar-refractivity contribution in [3.8, 4) is 0 Å². The van der Waals surface area contributed by atoms with Gasteiger partial charge in [0, 0.05) is 6.04 Å². The molecule has 1 saturated heterocycles. The molecule has 2 aliphatic rings. The number of benzene rings is 1. The van der Waals surface area contributed by atoms with Crippen molar-refractivity contribution in [1.29, 1.82) is 0 Å². The Labute approximate surface area is 180 Å². The molecule has 2 aromatic rings. The van der Waals surface area contributed by atoms with E-state index in [4.69, 9.17) is 4.99 Å². The van der Waals surface area contributed by atoms with Gasteiger partial charge >= 0.3 is 0 Å². The first-order valence-corrected chi connectivity index (χ1v) is 11.9. The molecule has 2 heterocycles. The molecule has 1 aliphatic carbocycles. The van der Waals surface area contributed by atoms with E-state index in [0.717, 1.165) is 33.5 Å². The van der Waals surface area contributed by atoms with Gasteiger partial charge in [-0.2, -0.15) is 4.99 Å². The molecule has 0 radical (unpaired) electrons. The van der Waals surface area contributed by atoms with Gasteiger partial charge < -0.3 is 0 Å². The Bertz CT molecular complexity index is 940. The number of aryl methyl sites for hydroxylation is 1. The Balaban J connectivity index is 1.65. The maximum atomic E-state index is 13.3. The molecule has 1 amide bonds. The topological polar surface area (TPSA) is 58.5 Å². The molecule has 0 spiro atoms. The summed E-state index contributed by atoms with van der Waals surface area (Å²) < 4.78 is 0. The van der Waals surface area contributed by atoms with Gasteiger partial charge in [-0.3, -0.25) is 9.69 Å². The lowest BCUT2D eigenvalue weighted by Crippen LogP contribution is -2.40. The summed E-state index contributed by atoms with van der Waals surface area (Å²) >= 11 is 2.91. The summed E-state index contributed by atoms with van der Waals surface area (Å²) in [5.74, 6) is 0.560. The van der Waals surface area contributed by atoms with Crippen molar-refractivity contribution >= 4 is 45.4 Å². The van der Waals surface area contributed by atoms with Gasteiger partial charge in [-0.1, -0.05) is 68.7 Å². The first-order chi connectivity index (χ1) is 14.0. The smallest absolute Gasteiger partial charge is 0.267 e. The summed E-state index contributed by atoms with van der Waals surface area (Å²) in [4.78, 5) is 20.7. The average molecular weight is 427 g/mol. The molecule has 1 aromatic carbocycles. The van der Waals surface area contributed by atoms with Gasteiger partial charge in [0.1, 0.15) is 5.01 Å². The number of amides is 1. The van der Waals surface area contributed by atoms with Crippen LogP contribution < -0.4 is 0 Å². The monoisotopic (exact) mass is 426 g/mol. The molecule has 4 rings (SSSR count). The number of rotatable bonds is 4. The van der Waals surface area contributed by atoms with Crippen LogP contribution in [0.4, 0.5) is 5.13 Å². The second-order valence-corrected chi connectivity index (χ2v) is 10.1. The minimum absolute atomic E-state index is 0.0647. The van der Waals surface area contributed by atoms with E-state index < -0.39 is 0 Å². The highest BCUT2D eigenvalue weighted by atomic mass is 32.2. The van der Waals surface area contributed by atoms with Gasteiger partial charge in [0.15, 0.2) is 5.17 Å². The number of carbonyl (C=O) groups excluding carboxylic acids is 1. The van der Waals surface area contributed by atoms with Crippen LogP contribution in [0, 0.1) is 6.92 Å². The highest BCUT2D eigenvalue weighted by Crippen LogP contribution is 2.38. The SMILES string of the molecule is Cc1nnc(/N=C2/S/C(=C\c3ccc(C(C)C)cc3)C(=O)N2C2CCCCC2)s1. The summed E-state index contributed by atoms with van der Waals surface area (Å²) in [5, 5.41) is 10.4. The molecule has 0 atom stereocenters. The van der Waals surface area contributed by atoms with Gasteiger partial charge in [-0.25, -0.2) is 0 Å². The van der Waals surface area contributed by atoms with E-state index in [9.17, 15) is 4.79 Å². The van der Waals surface area contributed by atoms with Crippen LogP contribution in [0.3, 0.4) is 0 Å². The predicted molar refractivity (Wildman–Crippen MR) is 122 cm³/mol. The number of carbonyl (C=O) groups is 1. The Morgan fingerprint density at radius 2 is 1.86 bits per heavy atom. The number of hydrogen-bond acceptors (Lipinski definition) is 6. The van der Waals surface area contributed by atoms with Crippen LogP contribution in [0.1, 0.15) is 68.0 Å². The second-order valence-electron chi connectivity index (χ2n) is 7.90. The van der Waals surface area contributed by atoms with Crippen molar-refractivity contribution in [3.05, 3.63) is 45.3 Å². The number of aromatic nitrogens is 2. The highest BCUT2D eigenvalue weighted by Gasteiger charge is 2.38. The summed E-state index contributed by atoms with van der Waals surface area (Å²) in [6, 6.07) is 8.68. The number of thioether (sulfide) groups is 1. The molecule has 0 unspecified atom stereocenters. The molecule has 1 saturated carbocycles. The van der Waals surface area contributed by atoms with Crippen LogP contribution in [0.2, 0.25) is 0 Å². The number of amidine groups is 1. The Morgan fingerprint density at radius 3 is 2.48 bits per heavy atom. The fourth-order valence-electron chi connectivity index (χ4n) is 3.77. The van der Waals surface area contributed by atoms with E-state index in [-0.39, 0.29) is 11.9 Å². The van der Waals surface area contributed by atoms with Crippen LogP contribution in [-0.4, -0.2) is 32.2 Å². The second kappa shape index (κ2) is 8.79. The van der Waals surface area contributed by atoms with Crippen molar-refractivity contribution in [2.24, 2.45) is 4.99 Å². The molecule has 1 aromatic heterocycles. The van der Waals surface area contributed by atoms with E-state index in [1.54, 1.807) is 0 Å². The fourth-order valence-corrected chi connectivity index (χ4v) is 5.42. The first-order valence-electron chi connectivity index (χ1n) is 10.2. The molecule has 0 bridgehead atoms. The molecule has 2 fully saturated rings. The number of aliphatic imine (C=N–C) groups is 1. The molecular weight excluding hydrogens is 400 g/mol. The third-order valence-electron chi connectivity index (χ3n) is 5.38. The van der Waals surface area contributed by atoms with Crippen LogP contribution >= 0.6 is 23.1 Å². The Morgan fingerprint density at radius 1 is 1.14 bits per heavy atom. The average Bonchev–Trinajstić information content (AvgIpc) is 3.26. The minimum Gasteiger partial charge on any atom is -0.283 e. The van der Waals surface area contributed by atoms with Crippen molar-refractivity contribution in [2.45, 2.75) is 64.8 Å². The van der Waals surface area contributed by atoms with E-state index >= 15 is 0 Å². The lowest BCUT2D eigenvalue weighted by Gasteiger charge is -2.30.